The van der Waals surface area contributed by atoms with Gasteiger partial charge in [0.25, 0.3) is 5.91 Å². The summed E-state index contributed by atoms with van der Waals surface area (Å²) in [5.74, 6) is -1.21. The number of ether oxygens (including phenoxy) is 3. The van der Waals surface area contributed by atoms with Gasteiger partial charge in [-0.05, 0) is 25.1 Å². The SMILES string of the molecule is CCOC(=O)Cn1c(=NC(=O)CSCC(=O)N2CCOCC2)sc2cc(C(=O)OC)ccc21. The van der Waals surface area contributed by atoms with Gasteiger partial charge in [0, 0.05) is 13.1 Å². The highest BCUT2D eigenvalue weighted by Gasteiger charge is 2.18. The minimum absolute atomic E-state index is 0.0249. The van der Waals surface area contributed by atoms with E-state index in [0.717, 1.165) is 0 Å². The summed E-state index contributed by atoms with van der Waals surface area (Å²) in [6, 6.07) is 4.89. The molecule has 33 heavy (non-hydrogen) atoms. The average molecular weight is 496 g/mol. The lowest BCUT2D eigenvalue weighted by molar-refractivity contribution is -0.143. The molecule has 2 aromatic rings. The molecule has 0 aliphatic carbocycles. The topological polar surface area (TPSA) is 117 Å². The average Bonchev–Trinajstić information content (AvgIpc) is 3.14. The van der Waals surface area contributed by atoms with Gasteiger partial charge in [-0.3, -0.25) is 14.4 Å². The first-order valence-electron chi connectivity index (χ1n) is 10.3. The number of benzene rings is 1. The molecule has 2 heterocycles. The molecule has 12 heteroatoms. The van der Waals surface area contributed by atoms with E-state index < -0.39 is 17.8 Å². The van der Waals surface area contributed by atoms with Crippen LogP contribution in [-0.4, -0.2) is 84.7 Å². The van der Waals surface area contributed by atoms with Crippen LogP contribution in [0.3, 0.4) is 0 Å². The Kier molecular flexibility index (Phi) is 9.03. The van der Waals surface area contributed by atoms with E-state index in [1.807, 2.05) is 0 Å². The van der Waals surface area contributed by atoms with Gasteiger partial charge in [-0.25, -0.2) is 4.79 Å². The summed E-state index contributed by atoms with van der Waals surface area (Å²) in [7, 11) is 1.29. The first-order chi connectivity index (χ1) is 15.9. The molecule has 1 aromatic heterocycles. The van der Waals surface area contributed by atoms with Crippen molar-refractivity contribution in [2.24, 2.45) is 4.99 Å². The standard InChI is InChI=1S/C21H25N3O7S2/c1-3-31-19(27)11-24-15-5-4-14(20(28)29-2)10-16(15)33-21(24)22-17(25)12-32-13-18(26)23-6-8-30-9-7-23/h4-5,10H,3,6-9,11-13H2,1-2H3. The lowest BCUT2D eigenvalue weighted by Crippen LogP contribution is -2.41. The van der Waals surface area contributed by atoms with E-state index in [0.29, 0.717) is 46.9 Å². The number of carbonyl (C=O) groups excluding carboxylic acids is 4. The summed E-state index contributed by atoms with van der Waals surface area (Å²) < 4.78 is 17.3. The minimum atomic E-state index is -0.488. The van der Waals surface area contributed by atoms with Crippen molar-refractivity contribution < 1.29 is 33.4 Å². The van der Waals surface area contributed by atoms with Gasteiger partial charge in [-0.1, -0.05) is 11.3 Å². The Morgan fingerprint density at radius 2 is 1.94 bits per heavy atom. The fourth-order valence-corrected chi connectivity index (χ4v) is 4.94. The molecule has 0 unspecified atom stereocenters. The quantitative estimate of drug-likeness (QED) is 0.500. The lowest BCUT2D eigenvalue weighted by Gasteiger charge is -2.26. The van der Waals surface area contributed by atoms with Crippen LogP contribution in [-0.2, 0) is 35.1 Å². The second-order valence-electron chi connectivity index (χ2n) is 6.94. The predicted octanol–water partition coefficient (Wildman–Crippen LogP) is 1.07. The Hall–Kier alpha value is -2.70. The molecule has 1 aliphatic rings. The van der Waals surface area contributed by atoms with Crippen molar-refractivity contribution in [3.63, 3.8) is 0 Å². The second-order valence-corrected chi connectivity index (χ2v) is 8.94. The second kappa shape index (κ2) is 12.0. The van der Waals surface area contributed by atoms with Crippen LogP contribution < -0.4 is 4.80 Å². The molecule has 1 fully saturated rings. The first kappa shape index (κ1) is 24.9. The van der Waals surface area contributed by atoms with E-state index in [1.165, 1.54) is 30.2 Å². The number of hydrogen-bond donors (Lipinski definition) is 0. The number of carbonyl (C=O) groups is 4. The van der Waals surface area contributed by atoms with Crippen molar-refractivity contribution >= 4 is 57.1 Å². The number of methoxy groups -OCH3 is 1. The summed E-state index contributed by atoms with van der Waals surface area (Å²) >= 11 is 2.37. The smallest absolute Gasteiger partial charge is 0.337 e. The predicted molar refractivity (Wildman–Crippen MR) is 123 cm³/mol. The normalized spacial score (nSPS) is 14.4. The Morgan fingerprint density at radius 1 is 1.18 bits per heavy atom. The van der Waals surface area contributed by atoms with Crippen LogP contribution in [0.4, 0.5) is 0 Å². The van der Waals surface area contributed by atoms with Crippen molar-refractivity contribution in [1.29, 1.82) is 0 Å². The number of thiazole rings is 1. The number of thioether (sulfide) groups is 1. The maximum absolute atomic E-state index is 12.5. The van der Waals surface area contributed by atoms with Crippen LogP contribution in [0.2, 0.25) is 0 Å². The van der Waals surface area contributed by atoms with Crippen LogP contribution in [0.15, 0.2) is 23.2 Å². The van der Waals surface area contributed by atoms with Crippen molar-refractivity contribution in [1.82, 2.24) is 9.47 Å². The maximum Gasteiger partial charge on any atom is 0.337 e. The summed E-state index contributed by atoms with van der Waals surface area (Å²) in [6.45, 7) is 3.97. The summed E-state index contributed by atoms with van der Waals surface area (Å²) in [4.78, 5) is 54.9. The number of hydrogen-bond acceptors (Lipinski definition) is 9. The van der Waals surface area contributed by atoms with Gasteiger partial charge >= 0.3 is 11.9 Å². The third-order valence-electron chi connectivity index (χ3n) is 4.73. The number of esters is 2. The largest absolute Gasteiger partial charge is 0.465 e. The van der Waals surface area contributed by atoms with Crippen LogP contribution in [0.1, 0.15) is 17.3 Å². The fraction of sp³-hybridized carbons (Fsp3) is 0.476. The lowest BCUT2D eigenvalue weighted by atomic mass is 10.2. The molecule has 0 bridgehead atoms. The van der Waals surface area contributed by atoms with Crippen LogP contribution in [0.25, 0.3) is 10.2 Å². The number of fused-ring (bicyclic) bond motifs is 1. The molecule has 0 radical (unpaired) electrons. The third-order valence-corrected chi connectivity index (χ3v) is 6.67. The Labute approximate surface area is 198 Å². The molecule has 0 atom stereocenters. The molecule has 0 N–H and O–H groups in total. The van der Waals surface area contributed by atoms with E-state index in [9.17, 15) is 19.2 Å². The zero-order valence-electron chi connectivity index (χ0n) is 18.4. The van der Waals surface area contributed by atoms with Crippen LogP contribution in [0.5, 0.6) is 0 Å². The van der Waals surface area contributed by atoms with Gasteiger partial charge in [0.05, 0.1) is 54.2 Å². The van der Waals surface area contributed by atoms with Gasteiger partial charge in [0.15, 0.2) is 4.80 Å². The van der Waals surface area contributed by atoms with E-state index in [4.69, 9.17) is 14.2 Å². The molecule has 1 saturated heterocycles. The number of amides is 2. The maximum atomic E-state index is 12.5. The molecule has 1 aromatic carbocycles. The number of morpholine rings is 1. The first-order valence-corrected chi connectivity index (χ1v) is 12.3. The molecular formula is C21H25N3O7S2. The zero-order chi connectivity index (χ0) is 23.8. The van der Waals surface area contributed by atoms with E-state index in [1.54, 1.807) is 34.6 Å². The van der Waals surface area contributed by atoms with Gasteiger partial charge in [-0.2, -0.15) is 4.99 Å². The Balaban J connectivity index is 1.78. The van der Waals surface area contributed by atoms with Crippen molar-refractivity contribution in [2.75, 3.05) is 51.5 Å². The zero-order valence-corrected chi connectivity index (χ0v) is 20.0. The molecule has 10 nitrogen and oxygen atoms in total. The number of rotatable bonds is 8. The van der Waals surface area contributed by atoms with Crippen LogP contribution in [0, 0.1) is 0 Å². The van der Waals surface area contributed by atoms with Crippen molar-refractivity contribution in [3.8, 4) is 0 Å². The molecule has 2 amide bonds. The molecule has 3 rings (SSSR count). The van der Waals surface area contributed by atoms with Crippen molar-refractivity contribution in [3.05, 3.63) is 28.6 Å². The van der Waals surface area contributed by atoms with Gasteiger partial charge in [0.2, 0.25) is 5.91 Å². The Bertz CT molecular complexity index is 1100. The molecule has 178 valence electrons. The van der Waals surface area contributed by atoms with E-state index in [-0.39, 0.29) is 30.6 Å². The van der Waals surface area contributed by atoms with Crippen molar-refractivity contribution in [2.45, 2.75) is 13.5 Å². The highest BCUT2D eigenvalue weighted by Crippen LogP contribution is 2.20. The molecule has 0 spiro atoms. The highest BCUT2D eigenvalue weighted by molar-refractivity contribution is 8.00. The van der Waals surface area contributed by atoms with E-state index >= 15 is 0 Å². The van der Waals surface area contributed by atoms with Gasteiger partial charge in [-0.15, -0.1) is 11.8 Å². The highest BCUT2D eigenvalue weighted by atomic mass is 32.2. The van der Waals surface area contributed by atoms with Gasteiger partial charge < -0.3 is 23.7 Å². The molecule has 1 aliphatic heterocycles. The van der Waals surface area contributed by atoms with Crippen LogP contribution >= 0.6 is 23.1 Å². The molecule has 0 saturated carbocycles. The molecular weight excluding hydrogens is 470 g/mol. The van der Waals surface area contributed by atoms with E-state index in [2.05, 4.69) is 4.99 Å². The Morgan fingerprint density at radius 3 is 2.64 bits per heavy atom. The minimum Gasteiger partial charge on any atom is -0.465 e. The monoisotopic (exact) mass is 495 g/mol. The number of nitrogens with zero attached hydrogens (tertiary/aromatic N) is 3. The summed E-state index contributed by atoms with van der Waals surface area (Å²) in [6.07, 6.45) is 0. The fourth-order valence-electron chi connectivity index (χ4n) is 3.16. The number of aromatic nitrogens is 1. The third kappa shape index (κ3) is 6.65. The summed E-state index contributed by atoms with van der Waals surface area (Å²) in [5.41, 5.74) is 0.993. The van der Waals surface area contributed by atoms with Gasteiger partial charge in [0.1, 0.15) is 6.54 Å². The summed E-state index contributed by atoms with van der Waals surface area (Å²) in [5, 5.41) is 0.